The fourth-order valence-electron chi connectivity index (χ4n) is 2.33. The van der Waals surface area contributed by atoms with Gasteiger partial charge in [-0.2, -0.15) is 0 Å². The summed E-state index contributed by atoms with van der Waals surface area (Å²) in [7, 11) is 1.81. The lowest BCUT2D eigenvalue weighted by Crippen LogP contribution is -2.16. The number of aromatic nitrogens is 3. The Morgan fingerprint density at radius 2 is 1.77 bits per heavy atom. The van der Waals surface area contributed by atoms with Crippen LogP contribution in [0.5, 0.6) is 0 Å². The minimum absolute atomic E-state index is 0.0366. The molecule has 0 aliphatic heterocycles. The number of hydrogen-bond donors (Lipinski definition) is 1. The lowest BCUT2D eigenvalue weighted by atomic mass is 10.1. The van der Waals surface area contributed by atoms with Gasteiger partial charge in [0.1, 0.15) is 23.1 Å². The number of nitrogens with one attached hydrogen (secondary N) is 1. The van der Waals surface area contributed by atoms with Crippen molar-refractivity contribution in [2.24, 2.45) is 7.05 Å². The zero-order valence-corrected chi connectivity index (χ0v) is 14.8. The third-order valence-corrected chi connectivity index (χ3v) is 4.71. The molecule has 3 aromatic rings. The largest absolute Gasteiger partial charge is 0.320 e. The number of amides is 1. The molecular formula is C18H16F2N4OS. The Morgan fingerprint density at radius 1 is 1.08 bits per heavy atom. The summed E-state index contributed by atoms with van der Waals surface area (Å²) in [5.74, 6) is -1.42. The van der Waals surface area contributed by atoms with E-state index in [0.717, 1.165) is 35.3 Å². The van der Waals surface area contributed by atoms with Gasteiger partial charge in [-0.1, -0.05) is 48.2 Å². The van der Waals surface area contributed by atoms with Crippen LogP contribution in [0, 0.1) is 11.6 Å². The van der Waals surface area contributed by atoms with Crippen LogP contribution in [0.1, 0.15) is 11.4 Å². The van der Waals surface area contributed by atoms with Gasteiger partial charge in [0.15, 0.2) is 5.16 Å². The molecule has 0 saturated carbocycles. The molecule has 0 spiro atoms. The molecule has 26 heavy (non-hydrogen) atoms. The molecule has 0 saturated heterocycles. The van der Waals surface area contributed by atoms with Crippen molar-refractivity contribution >= 4 is 23.4 Å². The van der Waals surface area contributed by atoms with Crippen LogP contribution in [-0.2, 0) is 18.3 Å². The van der Waals surface area contributed by atoms with E-state index in [1.54, 1.807) is 4.57 Å². The first kappa shape index (κ1) is 18.1. The average molecular weight is 374 g/mol. The predicted octanol–water partition coefficient (Wildman–Crippen LogP) is 3.41. The second kappa shape index (κ2) is 8.09. The van der Waals surface area contributed by atoms with Gasteiger partial charge in [-0.15, -0.1) is 10.2 Å². The fraction of sp³-hybridized carbons (Fsp3) is 0.167. The van der Waals surface area contributed by atoms with Crippen molar-refractivity contribution < 1.29 is 13.6 Å². The molecule has 1 aromatic heterocycles. The number of hydrogen-bond acceptors (Lipinski definition) is 4. The SMILES string of the molecule is Cn1c(Cc2ccccc2)nnc1SCC(=O)Nc1c(F)cccc1F. The monoisotopic (exact) mass is 374 g/mol. The molecule has 0 radical (unpaired) electrons. The predicted molar refractivity (Wildman–Crippen MR) is 96.0 cm³/mol. The maximum absolute atomic E-state index is 13.6. The number of carbonyl (C=O) groups excluding carboxylic acids is 1. The van der Waals surface area contributed by atoms with Crippen LogP contribution in [0.4, 0.5) is 14.5 Å². The van der Waals surface area contributed by atoms with Crippen LogP contribution in [0.25, 0.3) is 0 Å². The van der Waals surface area contributed by atoms with E-state index in [1.165, 1.54) is 6.07 Å². The molecule has 0 atom stereocenters. The van der Waals surface area contributed by atoms with Gasteiger partial charge in [0.05, 0.1) is 5.75 Å². The first-order valence-corrected chi connectivity index (χ1v) is 8.82. The number of halogens is 2. The number of para-hydroxylation sites is 1. The number of thioether (sulfide) groups is 1. The number of rotatable bonds is 6. The van der Waals surface area contributed by atoms with Crippen molar-refractivity contribution in [3.8, 4) is 0 Å². The Kier molecular flexibility index (Phi) is 5.62. The summed E-state index contributed by atoms with van der Waals surface area (Å²) < 4.78 is 28.9. The standard InChI is InChI=1S/C18H16F2N4OS/c1-24-15(10-12-6-3-2-4-7-12)22-23-18(24)26-11-16(25)21-17-13(19)8-5-9-14(17)20/h2-9H,10-11H2,1H3,(H,21,25). The summed E-state index contributed by atoms with van der Waals surface area (Å²) in [5.41, 5.74) is 0.660. The van der Waals surface area contributed by atoms with Crippen molar-refractivity contribution in [1.82, 2.24) is 14.8 Å². The first-order valence-electron chi connectivity index (χ1n) is 7.83. The van der Waals surface area contributed by atoms with E-state index >= 15 is 0 Å². The van der Waals surface area contributed by atoms with E-state index in [1.807, 2.05) is 37.4 Å². The lowest BCUT2D eigenvalue weighted by Gasteiger charge is -2.07. The van der Waals surface area contributed by atoms with Gasteiger partial charge in [0, 0.05) is 13.5 Å². The van der Waals surface area contributed by atoms with Crippen molar-refractivity contribution in [2.45, 2.75) is 11.6 Å². The van der Waals surface area contributed by atoms with Crippen molar-refractivity contribution in [3.05, 3.63) is 71.6 Å². The molecule has 1 amide bonds. The van der Waals surface area contributed by atoms with Gasteiger partial charge in [0.2, 0.25) is 5.91 Å². The van der Waals surface area contributed by atoms with Gasteiger partial charge in [-0.05, 0) is 17.7 Å². The molecule has 0 aliphatic carbocycles. The molecule has 0 unspecified atom stereocenters. The summed E-state index contributed by atoms with van der Waals surface area (Å²) in [4.78, 5) is 12.0. The summed E-state index contributed by atoms with van der Waals surface area (Å²) >= 11 is 1.15. The van der Waals surface area contributed by atoms with E-state index < -0.39 is 23.2 Å². The minimum atomic E-state index is -0.813. The van der Waals surface area contributed by atoms with E-state index in [2.05, 4.69) is 15.5 Å². The van der Waals surface area contributed by atoms with E-state index in [4.69, 9.17) is 0 Å². The van der Waals surface area contributed by atoms with E-state index in [9.17, 15) is 13.6 Å². The normalized spacial score (nSPS) is 10.7. The minimum Gasteiger partial charge on any atom is -0.320 e. The second-order valence-electron chi connectivity index (χ2n) is 5.55. The average Bonchev–Trinajstić information content (AvgIpc) is 2.97. The van der Waals surface area contributed by atoms with Gasteiger partial charge in [-0.25, -0.2) is 8.78 Å². The first-order chi connectivity index (χ1) is 12.5. The van der Waals surface area contributed by atoms with Gasteiger partial charge in [-0.3, -0.25) is 4.79 Å². The summed E-state index contributed by atoms with van der Waals surface area (Å²) in [6, 6.07) is 13.3. The quantitative estimate of drug-likeness (QED) is 0.672. The zero-order valence-electron chi connectivity index (χ0n) is 13.9. The molecular weight excluding hydrogens is 358 g/mol. The molecule has 1 N–H and O–H groups in total. The highest BCUT2D eigenvalue weighted by atomic mass is 32.2. The zero-order chi connectivity index (χ0) is 18.5. The molecule has 5 nitrogen and oxygen atoms in total. The van der Waals surface area contributed by atoms with Gasteiger partial charge in [0.25, 0.3) is 0 Å². The molecule has 134 valence electrons. The Bertz CT molecular complexity index is 895. The molecule has 3 rings (SSSR count). The van der Waals surface area contributed by atoms with Crippen molar-refractivity contribution in [1.29, 1.82) is 0 Å². The Labute approximate surface area is 153 Å². The van der Waals surface area contributed by atoms with Crippen LogP contribution in [0.15, 0.2) is 53.7 Å². The Hall–Kier alpha value is -2.74. The number of nitrogens with zero attached hydrogens (tertiary/aromatic N) is 3. The fourth-order valence-corrected chi connectivity index (χ4v) is 3.06. The summed E-state index contributed by atoms with van der Waals surface area (Å²) in [5, 5.41) is 11.0. The van der Waals surface area contributed by atoms with Crippen LogP contribution < -0.4 is 5.32 Å². The second-order valence-corrected chi connectivity index (χ2v) is 6.50. The highest BCUT2D eigenvalue weighted by Crippen LogP contribution is 2.20. The highest BCUT2D eigenvalue weighted by molar-refractivity contribution is 7.99. The maximum Gasteiger partial charge on any atom is 0.235 e. The molecule has 0 bridgehead atoms. The maximum atomic E-state index is 13.6. The van der Waals surface area contributed by atoms with Crippen LogP contribution in [0.2, 0.25) is 0 Å². The topological polar surface area (TPSA) is 59.8 Å². The molecule has 1 heterocycles. The summed E-state index contributed by atoms with van der Waals surface area (Å²) in [6.45, 7) is 0. The lowest BCUT2D eigenvalue weighted by molar-refractivity contribution is -0.113. The summed E-state index contributed by atoms with van der Waals surface area (Å²) in [6.07, 6.45) is 0.623. The van der Waals surface area contributed by atoms with Crippen molar-refractivity contribution in [2.75, 3.05) is 11.1 Å². The smallest absolute Gasteiger partial charge is 0.235 e. The molecule has 2 aromatic carbocycles. The van der Waals surface area contributed by atoms with Crippen LogP contribution in [0.3, 0.4) is 0 Å². The Balaban J connectivity index is 1.60. The van der Waals surface area contributed by atoms with E-state index in [0.29, 0.717) is 11.6 Å². The van der Waals surface area contributed by atoms with Gasteiger partial charge >= 0.3 is 0 Å². The number of benzene rings is 2. The molecule has 8 heteroatoms. The third kappa shape index (κ3) is 4.26. The highest BCUT2D eigenvalue weighted by Gasteiger charge is 2.15. The number of carbonyl (C=O) groups is 1. The van der Waals surface area contributed by atoms with E-state index in [-0.39, 0.29) is 5.75 Å². The molecule has 0 fully saturated rings. The van der Waals surface area contributed by atoms with Crippen LogP contribution in [-0.4, -0.2) is 26.4 Å². The molecule has 0 aliphatic rings. The third-order valence-electron chi connectivity index (χ3n) is 3.69. The number of anilines is 1. The Morgan fingerprint density at radius 3 is 2.46 bits per heavy atom. The van der Waals surface area contributed by atoms with Gasteiger partial charge < -0.3 is 9.88 Å². The van der Waals surface area contributed by atoms with Crippen LogP contribution >= 0.6 is 11.8 Å². The van der Waals surface area contributed by atoms with Crippen molar-refractivity contribution in [3.63, 3.8) is 0 Å².